The highest BCUT2D eigenvalue weighted by Gasteiger charge is 2.19. The molecule has 1 saturated heterocycles. The number of carbonyl (C=O) groups is 1. The van der Waals surface area contributed by atoms with E-state index in [0.717, 1.165) is 19.2 Å². The van der Waals surface area contributed by atoms with Gasteiger partial charge in [0.05, 0.1) is 19.1 Å². The third-order valence-electron chi connectivity index (χ3n) is 3.30. The fourth-order valence-corrected chi connectivity index (χ4v) is 2.18. The summed E-state index contributed by atoms with van der Waals surface area (Å²) in [6.07, 6.45) is -0.0199. The highest BCUT2D eigenvalue weighted by Crippen LogP contribution is 2.23. The lowest BCUT2D eigenvalue weighted by atomic mass is 10.1. The molecule has 1 heterocycles. The number of nitrogens with zero attached hydrogens (tertiary/aromatic N) is 2. The number of nitrogens with one attached hydrogen (secondary N) is 1. The lowest BCUT2D eigenvalue weighted by Crippen LogP contribution is -2.47. The first-order valence-corrected chi connectivity index (χ1v) is 6.40. The van der Waals surface area contributed by atoms with E-state index in [9.17, 15) is 9.18 Å². The number of halogens is 2. The second-order valence-electron chi connectivity index (χ2n) is 4.56. The van der Waals surface area contributed by atoms with Crippen molar-refractivity contribution in [3.63, 3.8) is 0 Å². The molecule has 5 nitrogen and oxygen atoms in total. The van der Waals surface area contributed by atoms with E-state index >= 15 is 0 Å². The Bertz CT molecular complexity index is 554. The molecule has 1 aliphatic heterocycles. The summed E-state index contributed by atoms with van der Waals surface area (Å²) in [6.45, 7) is 2.78. The minimum absolute atomic E-state index is 0. The third kappa shape index (κ3) is 4.06. The molecule has 1 fully saturated rings. The van der Waals surface area contributed by atoms with Gasteiger partial charge >= 0.3 is 0 Å². The number of hydrogen-bond donors (Lipinski definition) is 1. The largest absolute Gasteiger partial charge is 0.495 e. The zero-order valence-electron chi connectivity index (χ0n) is 11.7. The molecule has 1 aromatic rings. The lowest BCUT2D eigenvalue weighted by Gasteiger charge is -2.27. The molecular formula is C14H17ClFN3O2. The molecule has 0 aliphatic carbocycles. The Balaban J connectivity index is 0.00000220. The predicted octanol–water partition coefficient (Wildman–Crippen LogP) is 1.10. The summed E-state index contributed by atoms with van der Waals surface area (Å²) < 4.78 is 18.9. The van der Waals surface area contributed by atoms with E-state index in [0.29, 0.717) is 13.1 Å². The van der Waals surface area contributed by atoms with Gasteiger partial charge in [0.1, 0.15) is 17.6 Å². The molecule has 1 aliphatic rings. The van der Waals surface area contributed by atoms with Gasteiger partial charge in [0.15, 0.2) is 0 Å². The summed E-state index contributed by atoms with van der Waals surface area (Å²) >= 11 is 0. The van der Waals surface area contributed by atoms with Crippen molar-refractivity contribution in [1.29, 1.82) is 5.26 Å². The van der Waals surface area contributed by atoms with Crippen molar-refractivity contribution in [3.8, 4) is 11.8 Å². The SMILES string of the molecule is COc1cc(CC(=O)N2CCNCC2)c(F)cc1C#N.Cl. The number of benzene rings is 1. The summed E-state index contributed by atoms with van der Waals surface area (Å²) in [5, 5.41) is 12.0. The second kappa shape index (κ2) is 7.81. The summed E-state index contributed by atoms with van der Waals surface area (Å²) in [4.78, 5) is 13.8. The summed E-state index contributed by atoms with van der Waals surface area (Å²) in [7, 11) is 1.41. The first-order chi connectivity index (χ1) is 9.65. The van der Waals surface area contributed by atoms with Gasteiger partial charge in [-0.3, -0.25) is 4.79 Å². The van der Waals surface area contributed by atoms with Crippen LogP contribution in [0.25, 0.3) is 0 Å². The molecule has 7 heteroatoms. The molecule has 0 bridgehead atoms. The van der Waals surface area contributed by atoms with Crippen LogP contribution in [-0.2, 0) is 11.2 Å². The van der Waals surface area contributed by atoms with Gasteiger partial charge in [0, 0.05) is 31.7 Å². The van der Waals surface area contributed by atoms with Crippen LogP contribution in [0.2, 0.25) is 0 Å². The Morgan fingerprint density at radius 1 is 1.48 bits per heavy atom. The van der Waals surface area contributed by atoms with E-state index < -0.39 is 5.82 Å². The maximum absolute atomic E-state index is 13.9. The fraction of sp³-hybridized carbons (Fsp3) is 0.429. The molecule has 0 spiro atoms. The highest BCUT2D eigenvalue weighted by atomic mass is 35.5. The maximum atomic E-state index is 13.9. The van der Waals surface area contributed by atoms with Gasteiger partial charge < -0.3 is 15.0 Å². The molecule has 1 aromatic carbocycles. The van der Waals surface area contributed by atoms with E-state index in [1.807, 2.05) is 6.07 Å². The molecule has 0 unspecified atom stereocenters. The maximum Gasteiger partial charge on any atom is 0.227 e. The number of nitriles is 1. The van der Waals surface area contributed by atoms with Crippen LogP contribution in [0.15, 0.2) is 12.1 Å². The van der Waals surface area contributed by atoms with Gasteiger partial charge in [-0.05, 0) is 12.1 Å². The first-order valence-electron chi connectivity index (χ1n) is 6.40. The number of carbonyl (C=O) groups excluding carboxylic acids is 1. The molecule has 114 valence electrons. The van der Waals surface area contributed by atoms with Crippen LogP contribution in [-0.4, -0.2) is 44.1 Å². The van der Waals surface area contributed by atoms with Crippen molar-refractivity contribution < 1.29 is 13.9 Å². The zero-order valence-corrected chi connectivity index (χ0v) is 12.5. The van der Waals surface area contributed by atoms with Gasteiger partial charge in [0.25, 0.3) is 0 Å². The standard InChI is InChI=1S/C14H16FN3O2.ClH/c1-20-13-7-10(12(15)6-11(13)9-16)8-14(19)18-4-2-17-3-5-18;/h6-7,17H,2-5,8H2,1H3;1H. The van der Waals surface area contributed by atoms with Crippen molar-refractivity contribution in [2.75, 3.05) is 33.3 Å². The number of hydrogen-bond acceptors (Lipinski definition) is 4. The third-order valence-corrected chi connectivity index (χ3v) is 3.30. The van der Waals surface area contributed by atoms with Gasteiger partial charge in [0.2, 0.25) is 5.91 Å². The lowest BCUT2D eigenvalue weighted by molar-refractivity contribution is -0.131. The Morgan fingerprint density at radius 2 is 2.14 bits per heavy atom. The topological polar surface area (TPSA) is 65.4 Å². The minimum atomic E-state index is -0.550. The van der Waals surface area contributed by atoms with Crippen molar-refractivity contribution in [2.24, 2.45) is 0 Å². The zero-order chi connectivity index (χ0) is 14.5. The summed E-state index contributed by atoms with van der Waals surface area (Å²) in [5.41, 5.74) is 0.382. The van der Waals surface area contributed by atoms with Crippen molar-refractivity contribution in [1.82, 2.24) is 10.2 Å². The molecule has 0 aromatic heterocycles. The van der Waals surface area contributed by atoms with Crippen LogP contribution in [0.1, 0.15) is 11.1 Å². The molecule has 1 amide bonds. The van der Waals surface area contributed by atoms with Crippen LogP contribution in [0.3, 0.4) is 0 Å². The van der Waals surface area contributed by atoms with Crippen molar-refractivity contribution in [2.45, 2.75) is 6.42 Å². The van der Waals surface area contributed by atoms with Crippen LogP contribution < -0.4 is 10.1 Å². The van der Waals surface area contributed by atoms with Crippen LogP contribution >= 0.6 is 12.4 Å². The molecule has 0 radical (unpaired) electrons. The first kappa shape index (κ1) is 17.2. The molecule has 2 rings (SSSR count). The van der Waals surface area contributed by atoms with E-state index in [4.69, 9.17) is 10.00 Å². The average molecular weight is 314 g/mol. The number of amides is 1. The Labute approximate surface area is 129 Å². The van der Waals surface area contributed by atoms with Gasteiger partial charge in [-0.1, -0.05) is 0 Å². The summed E-state index contributed by atoms with van der Waals surface area (Å²) in [5.74, 6) is -0.375. The van der Waals surface area contributed by atoms with Gasteiger partial charge in [-0.15, -0.1) is 12.4 Å². The summed E-state index contributed by atoms with van der Waals surface area (Å²) in [6, 6.07) is 4.40. The van der Waals surface area contributed by atoms with E-state index in [-0.39, 0.29) is 41.6 Å². The molecular weight excluding hydrogens is 297 g/mol. The Kier molecular flexibility index (Phi) is 6.40. The fourth-order valence-electron chi connectivity index (χ4n) is 2.18. The number of rotatable bonds is 3. The molecule has 21 heavy (non-hydrogen) atoms. The normalized spacial score (nSPS) is 14.0. The van der Waals surface area contributed by atoms with Crippen LogP contribution in [0.4, 0.5) is 4.39 Å². The van der Waals surface area contributed by atoms with E-state index in [1.165, 1.54) is 13.2 Å². The quantitative estimate of drug-likeness (QED) is 0.907. The van der Waals surface area contributed by atoms with Crippen molar-refractivity contribution in [3.05, 3.63) is 29.1 Å². The van der Waals surface area contributed by atoms with E-state index in [2.05, 4.69) is 5.32 Å². The Morgan fingerprint density at radius 3 is 2.71 bits per heavy atom. The van der Waals surface area contributed by atoms with Gasteiger partial charge in [-0.25, -0.2) is 4.39 Å². The highest BCUT2D eigenvalue weighted by molar-refractivity contribution is 5.85. The van der Waals surface area contributed by atoms with Crippen LogP contribution in [0.5, 0.6) is 5.75 Å². The predicted molar refractivity (Wildman–Crippen MR) is 78.1 cm³/mol. The number of piperazine rings is 1. The number of ether oxygens (including phenoxy) is 1. The Hall–Kier alpha value is -1.84. The molecule has 0 saturated carbocycles. The number of methoxy groups -OCH3 is 1. The second-order valence-corrected chi connectivity index (χ2v) is 4.56. The van der Waals surface area contributed by atoms with Crippen LogP contribution in [0, 0.1) is 17.1 Å². The monoisotopic (exact) mass is 313 g/mol. The average Bonchev–Trinajstić information content (AvgIpc) is 2.49. The smallest absolute Gasteiger partial charge is 0.227 e. The van der Waals surface area contributed by atoms with Gasteiger partial charge in [-0.2, -0.15) is 5.26 Å². The minimum Gasteiger partial charge on any atom is -0.495 e. The molecule has 0 atom stereocenters. The van der Waals surface area contributed by atoms with E-state index in [1.54, 1.807) is 4.90 Å². The van der Waals surface area contributed by atoms with Crippen molar-refractivity contribution >= 4 is 18.3 Å². The molecule has 1 N–H and O–H groups in total.